The topological polar surface area (TPSA) is 111 Å². The zero-order chi connectivity index (χ0) is 13.3. The molecule has 0 aromatic rings. The molecular weight excluding hydrogens is 224 g/mol. The summed E-state index contributed by atoms with van der Waals surface area (Å²) < 4.78 is 5.24. The van der Waals surface area contributed by atoms with Gasteiger partial charge in [0, 0.05) is 13.1 Å². The molecule has 0 aliphatic carbocycles. The number of ether oxygens (including phenoxy) is 1. The molecule has 17 heavy (non-hydrogen) atoms. The van der Waals surface area contributed by atoms with Crippen LogP contribution in [0.2, 0.25) is 0 Å². The largest absolute Gasteiger partial charge is 0.379 e. The Balaban J connectivity index is 4.06. The number of nitrogens with zero attached hydrogens (tertiary/aromatic N) is 1. The number of hydrogen-bond donors (Lipinski definition) is 3. The van der Waals surface area contributed by atoms with Gasteiger partial charge < -0.3 is 16.2 Å². The highest BCUT2D eigenvalue weighted by atomic mass is 16.5. The minimum Gasteiger partial charge on any atom is -0.379 e. The fourth-order valence-electron chi connectivity index (χ4n) is 1.38. The van der Waals surface area contributed by atoms with Crippen molar-refractivity contribution >= 4 is 11.9 Å². The van der Waals surface area contributed by atoms with E-state index in [-0.39, 0.29) is 0 Å². The molecule has 0 bridgehead atoms. The second-order valence-corrected chi connectivity index (χ2v) is 3.56. The van der Waals surface area contributed by atoms with Crippen molar-refractivity contribution in [2.24, 2.45) is 11.5 Å². The van der Waals surface area contributed by atoms with Gasteiger partial charge in [0.15, 0.2) is 0 Å². The number of likely N-dealkylation sites (N-methyl/N-ethyl adjacent to an activating group) is 1. The minimum atomic E-state index is -0.836. The van der Waals surface area contributed by atoms with E-state index in [0.717, 1.165) is 0 Å². The van der Waals surface area contributed by atoms with Crippen LogP contribution in [0.4, 0.5) is 4.79 Å². The third kappa shape index (κ3) is 6.88. The standard InChI is InChI=1S/C10H22N4O3/c1-3-14(5-7-17-6-4-11)8(2)9(15)13-10(12)16/h8H,3-7,11H2,1-2H3,(H3,12,13,15,16). The average Bonchev–Trinajstić information content (AvgIpc) is 2.27. The molecule has 0 aromatic carbocycles. The van der Waals surface area contributed by atoms with Crippen LogP contribution in [-0.2, 0) is 9.53 Å². The Labute approximate surface area is 101 Å². The number of imide groups is 1. The van der Waals surface area contributed by atoms with Crippen LogP contribution in [0.1, 0.15) is 13.8 Å². The van der Waals surface area contributed by atoms with E-state index in [0.29, 0.717) is 32.8 Å². The number of rotatable bonds is 8. The first-order valence-electron chi connectivity index (χ1n) is 5.65. The second-order valence-electron chi connectivity index (χ2n) is 3.56. The lowest BCUT2D eigenvalue weighted by atomic mass is 10.2. The molecule has 100 valence electrons. The number of nitrogens with two attached hydrogens (primary N) is 2. The Morgan fingerprint density at radius 1 is 1.41 bits per heavy atom. The molecule has 0 aliphatic heterocycles. The lowest BCUT2D eigenvalue weighted by Gasteiger charge is -2.26. The van der Waals surface area contributed by atoms with Crippen molar-refractivity contribution in [3.8, 4) is 0 Å². The molecule has 0 fully saturated rings. The van der Waals surface area contributed by atoms with Crippen LogP contribution >= 0.6 is 0 Å². The summed E-state index contributed by atoms with van der Waals surface area (Å²) >= 11 is 0. The predicted octanol–water partition coefficient (Wildman–Crippen LogP) is -1.13. The SMILES string of the molecule is CCN(CCOCCN)C(C)C(=O)NC(N)=O. The number of amides is 3. The van der Waals surface area contributed by atoms with Crippen LogP contribution in [-0.4, -0.2) is 55.7 Å². The normalized spacial score (nSPS) is 12.5. The van der Waals surface area contributed by atoms with Crippen LogP contribution in [0.15, 0.2) is 0 Å². The first-order valence-corrected chi connectivity index (χ1v) is 5.65. The Hall–Kier alpha value is -1.18. The molecule has 7 nitrogen and oxygen atoms in total. The fraction of sp³-hybridized carbons (Fsp3) is 0.800. The van der Waals surface area contributed by atoms with Crippen LogP contribution in [0.3, 0.4) is 0 Å². The van der Waals surface area contributed by atoms with Gasteiger partial charge in [0.05, 0.1) is 19.3 Å². The smallest absolute Gasteiger partial charge is 0.318 e. The number of carbonyl (C=O) groups excluding carboxylic acids is 2. The average molecular weight is 246 g/mol. The van der Waals surface area contributed by atoms with E-state index in [1.807, 2.05) is 11.8 Å². The third-order valence-corrected chi connectivity index (χ3v) is 2.36. The first-order chi connectivity index (χ1) is 8.02. The highest BCUT2D eigenvalue weighted by molar-refractivity contribution is 5.96. The summed E-state index contributed by atoms with van der Waals surface area (Å²) in [6.07, 6.45) is 0. The van der Waals surface area contributed by atoms with Crippen molar-refractivity contribution < 1.29 is 14.3 Å². The number of carbonyl (C=O) groups is 2. The van der Waals surface area contributed by atoms with E-state index in [1.165, 1.54) is 0 Å². The first kappa shape index (κ1) is 15.8. The molecule has 1 unspecified atom stereocenters. The van der Waals surface area contributed by atoms with Crippen LogP contribution < -0.4 is 16.8 Å². The maximum atomic E-state index is 11.5. The highest BCUT2D eigenvalue weighted by Gasteiger charge is 2.20. The summed E-state index contributed by atoms with van der Waals surface area (Å²) in [5, 5.41) is 2.06. The quantitative estimate of drug-likeness (QED) is 0.469. The van der Waals surface area contributed by atoms with Gasteiger partial charge in [-0.3, -0.25) is 15.0 Å². The van der Waals surface area contributed by atoms with Crippen molar-refractivity contribution in [2.45, 2.75) is 19.9 Å². The summed E-state index contributed by atoms with van der Waals surface area (Å²) in [5.41, 5.74) is 10.2. The van der Waals surface area contributed by atoms with E-state index in [4.69, 9.17) is 16.2 Å². The van der Waals surface area contributed by atoms with Crippen LogP contribution in [0, 0.1) is 0 Å². The lowest BCUT2D eigenvalue weighted by molar-refractivity contribution is -0.124. The van der Waals surface area contributed by atoms with Gasteiger partial charge >= 0.3 is 6.03 Å². The molecule has 0 spiro atoms. The molecule has 0 aromatic heterocycles. The third-order valence-electron chi connectivity index (χ3n) is 2.36. The predicted molar refractivity (Wildman–Crippen MR) is 64.3 cm³/mol. The summed E-state index contributed by atoms with van der Waals surface area (Å²) in [5.74, 6) is -0.404. The molecule has 3 amide bonds. The van der Waals surface area contributed by atoms with Crippen LogP contribution in [0.25, 0.3) is 0 Å². The minimum absolute atomic E-state index is 0.404. The van der Waals surface area contributed by atoms with Crippen molar-refractivity contribution in [3.05, 3.63) is 0 Å². The molecule has 0 aliphatic rings. The molecule has 7 heteroatoms. The zero-order valence-corrected chi connectivity index (χ0v) is 10.4. The number of hydrogen-bond acceptors (Lipinski definition) is 5. The van der Waals surface area contributed by atoms with Gasteiger partial charge in [-0.2, -0.15) is 0 Å². The molecule has 0 heterocycles. The molecule has 0 saturated heterocycles. The van der Waals surface area contributed by atoms with Crippen molar-refractivity contribution in [2.75, 3.05) is 32.8 Å². The van der Waals surface area contributed by atoms with Crippen molar-refractivity contribution in [1.29, 1.82) is 0 Å². The van der Waals surface area contributed by atoms with E-state index in [2.05, 4.69) is 5.32 Å². The number of nitrogens with one attached hydrogen (secondary N) is 1. The summed E-state index contributed by atoms with van der Waals surface area (Å²) in [6, 6.07) is -1.26. The molecular formula is C10H22N4O3. The Bertz CT molecular complexity index is 248. The molecule has 5 N–H and O–H groups in total. The molecule has 0 saturated carbocycles. The van der Waals surface area contributed by atoms with E-state index in [9.17, 15) is 9.59 Å². The molecule has 0 radical (unpaired) electrons. The van der Waals surface area contributed by atoms with Gasteiger partial charge in [0.25, 0.3) is 0 Å². The molecule has 1 atom stereocenters. The second kappa shape index (κ2) is 8.91. The van der Waals surface area contributed by atoms with Crippen molar-refractivity contribution in [1.82, 2.24) is 10.2 Å². The Morgan fingerprint density at radius 2 is 2.06 bits per heavy atom. The van der Waals surface area contributed by atoms with Gasteiger partial charge in [-0.25, -0.2) is 4.79 Å². The summed E-state index contributed by atoms with van der Waals surface area (Å²) in [7, 11) is 0. The monoisotopic (exact) mass is 246 g/mol. The van der Waals surface area contributed by atoms with Gasteiger partial charge in [-0.05, 0) is 13.5 Å². The number of primary amides is 1. The fourth-order valence-corrected chi connectivity index (χ4v) is 1.38. The van der Waals surface area contributed by atoms with E-state index >= 15 is 0 Å². The van der Waals surface area contributed by atoms with Crippen molar-refractivity contribution in [3.63, 3.8) is 0 Å². The highest BCUT2D eigenvalue weighted by Crippen LogP contribution is 1.98. The molecule has 0 rings (SSSR count). The maximum absolute atomic E-state index is 11.5. The van der Waals surface area contributed by atoms with Gasteiger partial charge in [0.1, 0.15) is 0 Å². The van der Waals surface area contributed by atoms with Gasteiger partial charge in [-0.1, -0.05) is 6.92 Å². The zero-order valence-electron chi connectivity index (χ0n) is 10.4. The van der Waals surface area contributed by atoms with E-state index in [1.54, 1.807) is 6.92 Å². The number of urea groups is 1. The van der Waals surface area contributed by atoms with Crippen LogP contribution in [0.5, 0.6) is 0 Å². The lowest BCUT2D eigenvalue weighted by Crippen LogP contribution is -2.49. The maximum Gasteiger partial charge on any atom is 0.318 e. The summed E-state index contributed by atoms with van der Waals surface area (Å²) in [4.78, 5) is 24.0. The van der Waals surface area contributed by atoms with E-state index < -0.39 is 18.0 Å². The Morgan fingerprint density at radius 3 is 2.53 bits per heavy atom. The van der Waals surface area contributed by atoms with Gasteiger partial charge in [0.2, 0.25) is 5.91 Å². The van der Waals surface area contributed by atoms with Gasteiger partial charge in [-0.15, -0.1) is 0 Å². The Kier molecular flexibility index (Phi) is 8.29. The summed E-state index contributed by atoms with van der Waals surface area (Å²) in [6.45, 7) is 6.40.